The van der Waals surface area contributed by atoms with Gasteiger partial charge in [0, 0.05) is 13.0 Å². The highest BCUT2D eigenvalue weighted by Crippen LogP contribution is 2.20. The summed E-state index contributed by atoms with van der Waals surface area (Å²) in [4.78, 5) is 4.18. The fraction of sp³-hybridized carbons (Fsp3) is 0.364. The van der Waals surface area contributed by atoms with Gasteiger partial charge in [-0.05, 0) is 16.6 Å². The van der Waals surface area contributed by atoms with Crippen LogP contribution >= 0.6 is 22.6 Å². The first kappa shape index (κ1) is 12.3. The lowest BCUT2D eigenvalue weighted by atomic mass is 10.3. The quantitative estimate of drug-likeness (QED) is 0.595. The molecule has 0 saturated heterocycles. The molecule has 2 aromatic rings. The molecule has 4 heteroatoms. The van der Waals surface area contributed by atoms with Gasteiger partial charge in [0.05, 0.1) is 7.11 Å². The Balaban J connectivity index is 0.000000337. The molecule has 0 unspecified atom stereocenters. The predicted molar refractivity (Wildman–Crippen MR) is 69.9 cm³/mol. The van der Waals surface area contributed by atoms with Crippen LogP contribution in [0.2, 0.25) is 0 Å². The highest BCUT2D eigenvalue weighted by molar-refractivity contribution is 14.1. The number of oxazole rings is 1. The maximum atomic E-state index is 5.30. The molecule has 15 heavy (non-hydrogen) atoms. The standard InChI is InChI=1S/C9H9NO2.C2H5I/c1-6-10-8-5-7(11-2)3-4-9(8)12-6;1-2-3/h3-5H,1-2H3;2H2,1H3. The Hall–Kier alpha value is -0.780. The number of fused-ring (bicyclic) bond motifs is 1. The van der Waals surface area contributed by atoms with E-state index in [0.29, 0.717) is 5.89 Å². The predicted octanol–water partition coefficient (Wildman–Crippen LogP) is 3.59. The Labute approximate surface area is 103 Å². The number of halogens is 1. The van der Waals surface area contributed by atoms with Crippen LogP contribution in [-0.2, 0) is 0 Å². The normalized spacial score (nSPS) is 9.60. The number of methoxy groups -OCH3 is 1. The molecule has 1 heterocycles. The fourth-order valence-electron chi connectivity index (χ4n) is 1.15. The van der Waals surface area contributed by atoms with Crippen molar-refractivity contribution in [2.24, 2.45) is 0 Å². The molecule has 82 valence electrons. The van der Waals surface area contributed by atoms with Crippen LogP contribution in [0.1, 0.15) is 12.8 Å². The summed E-state index contributed by atoms with van der Waals surface area (Å²) in [5.41, 5.74) is 1.64. The monoisotopic (exact) mass is 319 g/mol. The van der Waals surface area contributed by atoms with Gasteiger partial charge in [0.25, 0.3) is 0 Å². The lowest BCUT2D eigenvalue weighted by molar-refractivity contribution is 0.415. The molecule has 0 aliphatic rings. The van der Waals surface area contributed by atoms with Crippen molar-refractivity contribution < 1.29 is 9.15 Å². The molecule has 0 aliphatic carbocycles. The van der Waals surface area contributed by atoms with Gasteiger partial charge in [-0.15, -0.1) is 0 Å². The maximum absolute atomic E-state index is 5.30. The van der Waals surface area contributed by atoms with Crippen LogP contribution in [-0.4, -0.2) is 16.5 Å². The van der Waals surface area contributed by atoms with Gasteiger partial charge in [-0.3, -0.25) is 0 Å². The van der Waals surface area contributed by atoms with E-state index in [1.54, 1.807) is 7.11 Å². The Morgan fingerprint density at radius 1 is 1.47 bits per heavy atom. The summed E-state index contributed by atoms with van der Waals surface area (Å²) in [6, 6.07) is 5.56. The average molecular weight is 319 g/mol. The first-order valence-corrected chi connectivity index (χ1v) is 6.21. The van der Waals surface area contributed by atoms with E-state index in [2.05, 4.69) is 34.5 Å². The van der Waals surface area contributed by atoms with Gasteiger partial charge in [0.1, 0.15) is 11.3 Å². The van der Waals surface area contributed by atoms with E-state index in [4.69, 9.17) is 9.15 Å². The number of hydrogen-bond acceptors (Lipinski definition) is 3. The number of ether oxygens (including phenoxy) is 1. The minimum atomic E-state index is 0.679. The highest BCUT2D eigenvalue weighted by Gasteiger charge is 2.01. The summed E-state index contributed by atoms with van der Waals surface area (Å²) in [6.07, 6.45) is 0. The van der Waals surface area contributed by atoms with Crippen molar-refractivity contribution in [3.63, 3.8) is 0 Å². The molecule has 0 atom stereocenters. The van der Waals surface area contributed by atoms with E-state index in [0.717, 1.165) is 16.8 Å². The highest BCUT2D eigenvalue weighted by atomic mass is 127. The number of alkyl halides is 1. The molecule has 1 aromatic heterocycles. The third kappa shape index (κ3) is 3.37. The molecule has 2 rings (SSSR count). The van der Waals surface area contributed by atoms with Crippen molar-refractivity contribution in [1.82, 2.24) is 4.98 Å². The van der Waals surface area contributed by atoms with E-state index in [1.807, 2.05) is 25.1 Å². The Morgan fingerprint density at radius 3 is 2.73 bits per heavy atom. The van der Waals surface area contributed by atoms with E-state index in [-0.39, 0.29) is 0 Å². The number of benzene rings is 1. The molecule has 0 amide bonds. The third-order valence-corrected chi connectivity index (χ3v) is 1.70. The topological polar surface area (TPSA) is 35.3 Å². The summed E-state index contributed by atoms with van der Waals surface area (Å²) >= 11 is 2.29. The molecule has 0 radical (unpaired) electrons. The second-order valence-corrected chi connectivity index (χ2v) is 4.36. The molecule has 0 fully saturated rings. The number of hydrogen-bond donors (Lipinski definition) is 0. The minimum absolute atomic E-state index is 0.679. The SMILES string of the molecule is CCI.COc1ccc2oc(C)nc2c1. The van der Waals surface area contributed by atoms with Crippen LogP contribution in [0, 0.1) is 6.92 Å². The van der Waals surface area contributed by atoms with Crippen molar-refractivity contribution in [2.45, 2.75) is 13.8 Å². The minimum Gasteiger partial charge on any atom is -0.497 e. The smallest absolute Gasteiger partial charge is 0.192 e. The zero-order valence-electron chi connectivity index (χ0n) is 9.08. The number of rotatable bonds is 1. The molecule has 0 saturated carbocycles. The number of nitrogens with zero attached hydrogens (tertiary/aromatic N) is 1. The molecule has 0 bridgehead atoms. The van der Waals surface area contributed by atoms with Gasteiger partial charge < -0.3 is 9.15 Å². The molecular formula is C11H14INO2. The van der Waals surface area contributed by atoms with Gasteiger partial charge in [-0.1, -0.05) is 29.5 Å². The molecule has 0 spiro atoms. The van der Waals surface area contributed by atoms with Crippen molar-refractivity contribution >= 4 is 33.7 Å². The van der Waals surface area contributed by atoms with E-state index in [9.17, 15) is 0 Å². The van der Waals surface area contributed by atoms with Gasteiger partial charge in [-0.25, -0.2) is 4.98 Å². The summed E-state index contributed by atoms with van der Waals surface area (Å²) in [6.45, 7) is 3.94. The maximum Gasteiger partial charge on any atom is 0.192 e. The van der Waals surface area contributed by atoms with Crippen molar-refractivity contribution in [3.8, 4) is 5.75 Å². The van der Waals surface area contributed by atoms with Crippen LogP contribution in [0.25, 0.3) is 11.1 Å². The summed E-state index contributed by atoms with van der Waals surface area (Å²) in [5, 5.41) is 0. The second kappa shape index (κ2) is 5.95. The van der Waals surface area contributed by atoms with Gasteiger partial charge in [0.15, 0.2) is 11.5 Å². The lowest BCUT2D eigenvalue weighted by Crippen LogP contribution is -1.80. The zero-order valence-corrected chi connectivity index (χ0v) is 11.2. The van der Waals surface area contributed by atoms with Crippen LogP contribution in [0.15, 0.2) is 22.6 Å². The van der Waals surface area contributed by atoms with Crippen LogP contribution in [0.3, 0.4) is 0 Å². The van der Waals surface area contributed by atoms with E-state index in [1.165, 1.54) is 4.43 Å². The van der Waals surface area contributed by atoms with Crippen LogP contribution < -0.4 is 4.74 Å². The Morgan fingerprint density at radius 2 is 2.13 bits per heavy atom. The molecular weight excluding hydrogens is 305 g/mol. The van der Waals surface area contributed by atoms with Crippen molar-refractivity contribution in [3.05, 3.63) is 24.1 Å². The summed E-state index contributed by atoms with van der Waals surface area (Å²) < 4.78 is 11.6. The fourth-order valence-corrected chi connectivity index (χ4v) is 1.15. The Bertz CT molecular complexity index is 425. The summed E-state index contributed by atoms with van der Waals surface area (Å²) in [5.74, 6) is 1.48. The average Bonchev–Trinajstić information content (AvgIpc) is 2.57. The third-order valence-electron chi connectivity index (χ3n) is 1.70. The molecule has 0 aliphatic heterocycles. The first-order valence-electron chi connectivity index (χ1n) is 4.68. The zero-order chi connectivity index (χ0) is 11.3. The Kier molecular flexibility index (Phi) is 4.87. The van der Waals surface area contributed by atoms with Gasteiger partial charge >= 0.3 is 0 Å². The number of aryl methyl sites for hydroxylation is 1. The lowest BCUT2D eigenvalue weighted by Gasteiger charge is -1.95. The van der Waals surface area contributed by atoms with Crippen molar-refractivity contribution in [1.29, 1.82) is 0 Å². The number of aromatic nitrogens is 1. The first-order chi connectivity index (χ1) is 7.21. The van der Waals surface area contributed by atoms with Crippen LogP contribution in [0.5, 0.6) is 5.75 Å². The van der Waals surface area contributed by atoms with Crippen LogP contribution in [0.4, 0.5) is 0 Å². The molecule has 1 aromatic carbocycles. The largest absolute Gasteiger partial charge is 0.497 e. The second-order valence-electron chi connectivity index (χ2n) is 2.83. The molecule has 0 N–H and O–H groups in total. The van der Waals surface area contributed by atoms with Gasteiger partial charge in [0.2, 0.25) is 0 Å². The van der Waals surface area contributed by atoms with Gasteiger partial charge in [-0.2, -0.15) is 0 Å². The summed E-state index contributed by atoms with van der Waals surface area (Å²) in [7, 11) is 1.63. The molecule has 3 nitrogen and oxygen atoms in total. The van der Waals surface area contributed by atoms with Crippen molar-refractivity contribution in [2.75, 3.05) is 11.5 Å². The van der Waals surface area contributed by atoms with E-state index < -0.39 is 0 Å². The van der Waals surface area contributed by atoms with E-state index >= 15 is 0 Å².